The van der Waals surface area contributed by atoms with E-state index in [-0.39, 0.29) is 22.9 Å². The number of alkyl halides is 2. The van der Waals surface area contributed by atoms with Crippen molar-refractivity contribution in [2.75, 3.05) is 13.2 Å². The molecule has 0 spiro atoms. The van der Waals surface area contributed by atoms with Crippen molar-refractivity contribution in [1.29, 1.82) is 0 Å². The topological polar surface area (TPSA) is 27.7 Å². The van der Waals surface area contributed by atoms with E-state index in [0.29, 0.717) is 28.9 Å². The first-order chi connectivity index (χ1) is 15.4. The third-order valence-corrected chi connectivity index (χ3v) is 6.95. The third kappa shape index (κ3) is 5.41. The number of hydrogen-bond donors (Lipinski definition) is 0. The second-order valence-electron chi connectivity index (χ2n) is 8.68. The molecule has 0 N–H and O–H groups in total. The van der Waals surface area contributed by atoms with E-state index in [1.807, 2.05) is 6.07 Å². The van der Waals surface area contributed by atoms with Crippen molar-refractivity contribution in [3.8, 4) is 16.9 Å². The van der Waals surface area contributed by atoms with Crippen LogP contribution in [-0.2, 0) is 9.47 Å². The Morgan fingerprint density at radius 2 is 1.75 bits per heavy atom. The molecule has 2 aromatic rings. The molecule has 0 atom stereocenters. The summed E-state index contributed by atoms with van der Waals surface area (Å²) in [5, 5.41) is 0.0157. The smallest absolute Gasteiger partial charge is 0.387 e. The lowest BCUT2D eigenvalue weighted by Gasteiger charge is -2.37. The van der Waals surface area contributed by atoms with Crippen LogP contribution in [0.4, 0.5) is 13.2 Å². The van der Waals surface area contributed by atoms with Crippen molar-refractivity contribution in [3.63, 3.8) is 0 Å². The van der Waals surface area contributed by atoms with Crippen molar-refractivity contribution in [3.05, 3.63) is 52.8 Å². The van der Waals surface area contributed by atoms with Gasteiger partial charge in [0.2, 0.25) is 0 Å². The van der Waals surface area contributed by atoms with Crippen molar-refractivity contribution in [2.24, 2.45) is 11.8 Å². The lowest BCUT2D eigenvalue weighted by Crippen LogP contribution is -2.38. The Morgan fingerprint density at radius 3 is 2.34 bits per heavy atom. The summed E-state index contributed by atoms with van der Waals surface area (Å²) in [6.45, 7) is 0.729. The maximum Gasteiger partial charge on any atom is 0.387 e. The Balaban J connectivity index is 1.38. The van der Waals surface area contributed by atoms with Crippen LogP contribution in [0.3, 0.4) is 0 Å². The van der Waals surface area contributed by atoms with Gasteiger partial charge in [0.1, 0.15) is 11.6 Å². The zero-order valence-corrected chi connectivity index (χ0v) is 18.8. The predicted octanol–water partition coefficient (Wildman–Crippen LogP) is 7.42. The summed E-state index contributed by atoms with van der Waals surface area (Å²) in [4.78, 5) is 0. The maximum absolute atomic E-state index is 14.9. The van der Waals surface area contributed by atoms with Crippen LogP contribution in [0.2, 0.25) is 5.02 Å². The second-order valence-corrected chi connectivity index (χ2v) is 9.09. The van der Waals surface area contributed by atoms with E-state index < -0.39 is 6.61 Å². The van der Waals surface area contributed by atoms with E-state index in [1.165, 1.54) is 18.2 Å². The molecule has 32 heavy (non-hydrogen) atoms. The molecular formula is C25H28ClF3O3. The molecule has 0 aromatic heterocycles. The third-order valence-electron chi connectivity index (χ3n) is 6.65. The standard InChI is InChI=1S/C25H28ClF3O3/c1-2-15-13-30-24(31-14-15)17-5-3-16(4-6-17)18-7-9-20(22(27)12-18)19-8-10-23(21(26)11-19)32-25(28)29/h7-12,15-17,24-25H,2-6,13-14H2,1H3. The molecular weight excluding hydrogens is 441 g/mol. The molecule has 1 saturated heterocycles. The Hall–Kier alpha value is -1.76. The molecule has 1 aliphatic heterocycles. The fraction of sp³-hybridized carbons (Fsp3) is 0.520. The van der Waals surface area contributed by atoms with Gasteiger partial charge in [-0.1, -0.05) is 36.7 Å². The molecule has 1 aliphatic carbocycles. The van der Waals surface area contributed by atoms with Gasteiger partial charge in [0.25, 0.3) is 0 Å². The van der Waals surface area contributed by atoms with Gasteiger partial charge < -0.3 is 14.2 Å². The van der Waals surface area contributed by atoms with Gasteiger partial charge in [0.05, 0.1) is 18.2 Å². The Labute approximate surface area is 191 Å². The summed E-state index contributed by atoms with van der Waals surface area (Å²) in [6, 6.07) is 9.55. The number of ether oxygens (including phenoxy) is 3. The van der Waals surface area contributed by atoms with Crippen molar-refractivity contribution in [1.82, 2.24) is 0 Å². The molecule has 7 heteroatoms. The predicted molar refractivity (Wildman–Crippen MR) is 118 cm³/mol. The number of rotatable bonds is 6. The minimum absolute atomic E-state index is 0.0157. The average molecular weight is 469 g/mol. The average Bonchev–Trinajstić information content (AvgIpc) is 2.80. The molecule has 0 radical (unpaired) electrons. The van der Waals surface area contributed by atoms with Crippen LogP contribution in [0.1, 0.15) is 50.5 Å². The Kier molecular flexibility index (Phi) is 7.64. The van der Waals surface area contributed by atoms with E-state index in [4.69, 9.17) is 21.1 Å². The van der Waals surface area contributed by atoms with Crippen molar-refractivity contribution >= 4 is 11.6 Å². The largest absolute Gasteiger partial charge is 0.433 e. The molecule has 0 unspecified atom stereocenters. The van der Waals surface area contributed by atoms with E-state index in [2.05, 4.69) is 11.7 Å². The summed E-state index contributed by atoms with van der Waals surface area (Å²) in [5.74, 6) is 0.701. The summed E-state index contributed by atoms with van der Waals surface area (Å²) < 4.78 is 56.0. The molecule has 2 fully saturated rings. The van der Waals surface area contributed by atoms with Gasteiger partial charge in [-0.05, 0) is 67.3 Å². The van der Waals surface area contributed by atoms with Crippen LogP contribution in [0.25, 0.3) is 11.1 Å². The minimum atomic E-state index is -2.96. The summed E-state index contributed by atoms with van der Waals surface area (Å²) in [6.07, 6.45) is 4.89. The molecule has 0 bridgehead atoms. The normalized spacial score (nSPS) is 26.3. The first kappa shape index (κ1) is 23.4. The monoisotopic (exact) mass is 468 g/mol. The molecule has 4 rings (SSSR count). The SMILES string of the molecule is CCC1COC(C2CCC(c3ccc(-c4ccc(OC(F)F)c(Cl)c4)c(F)c3)CC2)OC1. The molecule has 0 amide bonds. The van der Waals surface area contributed by atoms with E-state index >= 15 is 0 Å². The van der Waals surface area contributed by atoms with Gasteiger partial charge >= 0.3 is 6.61 Å². The van der Waals surface area contributed by atoms with Gasteiger partial charge in [-0.15, -0.1) is 0 Å². The Morgan fingerprint density at radius 1 is 1.03 bits per heavy atom. The maximum atomic E-state index is 14.9. The molecule has 2 aliphatic rings. The van der Waals surface area contributed by atoms with Gasteiger partial charge in [0, 0.05) is 17.4 Å². The van der Waals surface area contributed by atoms with Crippen LogP contribution < -0.4 is 4.74 Å². The molecule has 1 heterocycles. The van der Waals surface area contributed by atoms with Crippen LogP contribution in [-0.4, -0.2) is 26.1 Å². The molecule has 1 saturated carbocycles. The van der Waals surface area contributed by atoms with Crippen molar-refractivity contribution in [2.45, 2.75) is 57.8 Å². The number of hydrogen-bond acceptors (Lipinski definition) is 3. The second kappa shape index (κ2) is 10.4. The first-order valence-electron chi connectivity index (χ1n) is 11.2. The highest BCUT2D eigenvalue weighted by atomic mass is 35.5. The van der Waals surface area contributed by atoms with E-state index in [9.17, 15) is 13.2 Å². The van der Waals surface area contributed by atoms with Crippen LogP contribution >= 0.6 is 11.6 Å². The summed E-state index contributed by atoms with van der Waals surface area (Å²) >= 11 is 6.02. The molecule has 3 nitrogen and oxygen atoms in total. The lowest BCUT2D eigenvalue weighted by atomic mass is 9.78. The fourth-order valence-electron chi connectivity index (χ4n) is 4.67. The summed E-state index contributed by atoms with van der Waals surface area (Å²) in [5.41, 5.74) is 1.87. The zero-order valence-electron chi connectivity index (χ0n) is 18.0. The van der Waals surface area contributed by atoms with E-state index in [1.54, 1.807) is 12.1 Å². The van der Waals surface area contributed by atoms with Gasteiger partial charge in [-0.2, -0.15) is 8.78 Å². The number of halogens is 4. The Bertz CT molecular complexity index is 907. The zero-order chi connectivity index (χ0) is 22.7. The van der Waals surface area contributed by atoms with Crippen LogP contribution in [0.5, 0.6) is 5.75 Å². The van der Waals surface area contributed by atoms with E-state index in [0.717, 1.165) is 50.9 Å². The minimum Gasteiger partial charge on any atom is -0.433 e. The fourth-order valence-corrected chi connectivity index (χ4v) is 4.90. The highest BCUT2D eigenvalue weighted by molar-refractivity contribution is 6.32. The quantitative estimate of drug-likeness (QED) is 0.441. The van der Waals surface area contributed by atoms with Crippen LogP contribution in [0, 0.1) is 17.7 Å². The van der Waals surface area contributed by atoms with Crippen LogP contribution in [0.15, 0.2) is 36.4 Å². The lowest BCUT2D eigenvalue weighted by molar-refractivity contribution is -0.228. The van der Waals surface area contributed by atoms with Gasteiger partial charge in [0.15, 0.2) is 6.29 Å². The highest BCUT2D eigenvalue weighted by Crippen LogP contribution is 2.40. The van der Waals surface area contributed by atoms with Crippen molar-refractivity contribution < 1.29 is 27.4 Å². The molecule has 174 valence electrons. The highest BCUT2D eigenvalue weighted by Gasteiger charge is 2.32. The first-order valence-corrected chi connectivity index (χ1v) is 11.6. The summed E-state index contributed by atoms with van der Waals surface area (Å²) in [7, 11) is 0. The van der Waals surface area contributed by atoms with Gasteiger partial charge in [-0.25, -0.2) is 4.39 Å². The number of benzene rings is 2. The molecule has 2 aromatic carbocycles. The van der Waals surface area contributed by atoms with Gasteiger partial charge in [-0.3, -0.25) is 0 Å².